The third-order valence-corrected chi connectivity index (χ3v) is 6.44. The van der Waals surface area contributed by atoms with Gasteiger partial charge in [0.25, 0.3) is 0 Å². The van der Waals surface area contributed by atoms with Crippen LogP contribution in [0.4, 0.5) is 0 Å². The predicted molar refractivity (Wildman–Crippen MR) is 160 cm³/mol. The summed E-state index contributed by atoms with van der Waals surface area (Å²) < 4.78 is 4.59. The van der Waals surface area contributed by atoms with E-state index in [2.05, 4.69) is 72.0 Å². The van der Waals surface area contributed by atoms with Gasteiger partial charge in [-0.15, -0.1) is 24.8 Å². The van der Waals surface area contributed by atoms with Crippen molar-refractivity contribution in [3.05, 3.63) is 59.8 Å². The maximum absolute atomic E-state index is 4.71. The van der Waals surface area contributed by atoms with Crippen LogP contribution in [0.5, 0.6) is 0 Å². The summed E-state index contributed by atoms with van der Waals surface area (Å²) >= 11 is 0. The molecule has 0 fully saturated rings. The summed E-state index contributed by atoms with van der Waals surface area (Å²) in [5.41, 5.74) is 0. The first-order chi connectivity index (χ1) is 16.8. The van der Waals surface area contributed by atoms with E-state index in [1.54, 1.807) is 0 Å². The molecule has 36 heavy (non-hydrogen) atoms. The van der Waals surface area contributed by atoms with Crippen LogP contribution in [0.2, 0.25) is 0 Å². The lowest BCUT2D eigenvalue weighted by atomic mass is 10.1. The highest BCUT2D eigenvalue weighted by Crippen LogP contribution is 2.05. The Labute approximate surface area is 233 Å². The maximum Gasteiger partial charge on any atom is 0.0603 e. The van der Waals surface area contributed by atoms with E-state index in [1.807, 2.05) is 0 Å². The van der Waals surface area contributed by atoms with E-state index in [0.717, 1.165) is 36.9 Å². The van der Waals surface area contributed by atoms with Gasteiger partial charge in [0.15, 0.2) is 0 Å². The molecule has 2 aromatic heterocycles. The van der Waals surface area contributed by atoms with Crippen LogP contribution in [0.3, 0.4) is 0 Å². The first-order valence-corrected chi connectivity index (χ1v) is 14.1. The number of halogens is 2. The first kappa shape index (κ1) is 34.5. The standard InChI is InChI=1S/C30H50N4.2ClH/c1-3-5-7-9-13-21-31-29-17-25-33(26-18-29)23-15-11-12-16-24-34-27-19-30(20-28-34)32-22-14-10-8-6-4-2;;/h17-20,25-28H,3-16,21-24H2,1-2H3;2*1H. The zero-order valence-corrected chi connectivity index (χ0v) is 24.6. The fourth-order valence-electron chi connectivity index (χ4n) is 4.20. The van der Waals surface area contributed by atoms with Gasteiger partial charge >= 0.3 is 0 Å². The summed E-state index contributed by atoms with van der Waals surface area (Å²) in [5, 5.41) is 2.24. The number of aryl methyl sites for hydroxylation is 2. The van der Waals surface area contributed by atoms with E-state index in [9.17, 15) is 0 Å². The van der Waals surface area contributed by atoms with E-state index in [-0.39, 0.29) is 24.8 Å². The molecule has 206 valence electrons. The zero-order chi connectivity index (χ0) is 24.1. The summed E-state index contributed by atoms with van der Waals surface area (Å²) in [7, 11) is 0. The van der Waals surface area contributed by atoms with Crippen LogP contribution in [0.25, 0.3) is 0 Å². The summed E-state index contributed by atoms with van der Waals surface area (Å²) in [5.74, 6) is 0. The molecule has 0 atom stereocenters. The summed E-state index contributed by atoms with van der Waals surface area (Å²) in [4.78, 5) is 9.41. The topological polar surface area (TPSA) is 34.6 Å². The van der Waals surface area contributed by atoms with Crippen molar-refractivity contribution in [2.75, 3.05) is 13.1 Å². The summed E-state index contributed by atoms with van der Waals surface area (Å²) in [6.45, 7) is 8.63. The van der Waals surface area contributed by atoms with Gasteiger partial charge in [-0.3, -0.25) is 9.98 Å². The normalized spacial score (nSPS) is 10.4. The van der Waals surface area contributed by atoms with Gasteiger partial charge in [-0.1, -0.05) is 78.1 Å². The van der Waals surface area contributed by atoms with Crippen LogP contribution in [0.15, 0.2) is 59.0 Å². The van der Waals surface area contributed by atoms with Gasteiger partial charge in [-0.2, -0.15) is 0 Å². The highest BCUT2D eigenvalue weighted by Gasteiger charge is 1.94. The Morgan fingerprint density at radius 3 is 1.17 bits per heavy atom. The molecule has 0 bridgehead atoms. The second-order valence-electron chi connectivity index (χ2n) is 9.59. The molecule has 0 saturated heterocycles. The van der Waals surface area contributed by atoms with E-state index in [4.69, 9.17) is 9.98 Å². The number of nitrogens with zero attached hydrogens (tertiary/aromatic N) is 4. The van der Waals surface area contributed by atoms with Crippen LogP contribution in [-0.2, 0) is 13.1 Å². The number of hydrogen-bond acceptors (Lipinski definition) is 2. The Balaban J connectivity index is 0.00000612. The molecule has 2 heterocycles. The fraction of sp³-hybridized carbons (Fsp3) is 0.667. The van der Waals surface area contributed by atoms with Crippen LogP contribution in [-0.4, -0.2) is 22.2 Å². The number of rotatable bonds is 19. The lowest BCUT2D eigenvalue weighted by Gasteiger charge is -2.08. The van der Waals surface area contributed by atoms with Crippen molar-refractivity contribution >= 4 is 24.8 Å². The molecule has 0 N–H and O–H groups in total. The summed E-state index contributed by atoms with van der Waals surface area (Å²) in [6, 6.07) is 8.63. The summed E-state index contributed by atoms with van der Waals surface area (Å²) in [6.07, 6.45) is 26.8. The van der Waals surface area contributed by atoms with Gasteiger partial charge in [-0.05, 0) is 49.9 Å². The average Bonchev–Trinajstić information content (AvgIpc) is 2.87. The Bertz CT molecular complexity index is 775. The van der Waals surface area contributed by atoms with Gasteiger partial charge in [0, 0.05) is 51.0 Å². The van der Waals surface area contributed by atoms with E-state index in [1.165, 1.54) is 89.9 Å². The molecule has 0 radical (unpaired) electrons. The van der Waals surface area contributed by atoms with Gasteiger partial charge in [0.2, 0.25) is 0 Å². The number of hydrogen-bond donors (Lipinski definition) is 0. The third-order valence-electron chi connectivity index (χ3n) is 6.44. The second kappa shape index (κ2) is 23.9. The quantitative estimate of drug-likeness (QED) is 0.162. The lowest BCUT2D eigenvalue weighted by molar-refractivity contribution is 0.537. The molecule has 2 rings (SSSR count). The molecule has 2 aromatic rings. The highest BCUT2D eigenvalue weighted by atomic mass is 35.5. The average molecular weight is 540 g/mol. The minimum Gasteiger partial charge on any atom is -0.354 e. The number of unbranched alkanes of at least 4 members (excludes halogenated alkanes) is 11. The minimum atomic E-state index is 0. The predicted octanol–water partition coefficient (Wildman–Crippen LogP) is 8.14. The van der Waals surface area contributed by atoms with Gasteiger partial charge in [0.1, 0.15) is 0 Å². The molecule has 6 heteroatoms. The molecule has 0 saturated carbocycles. The van der Waals surface area contributed by atoms with Gasteiger partial charge in [0.05, 0.1) is 10.7 Å². The van der Waals surface area contributed by atoms with Gasteiger partial charge < -0.3 is 9.13 Å². The zero-order valence-electron chi connectivity index (χ0n) is 23.0. The van der Waals surface area contributed by atoms with Crippen molar-refractivity contribution in [1.29, 1.82) is 0 Å². The van der Waals surface area contributed by atoms with Crippen molar-refractivity contribution < 1.29 is 0 Å². The fourth-order valence-corrected chi connectivity index (χ4v) is 4.20. The highest BCUT2D eigenvalue weighted by molar-refractivity contribution is 5.85. The third kappa shape index (κ3) is 17.0. The Kier molecular flexibility index (Phi) is 22.8. The van der Waals surface area contributed by atoms with E-state index >= 15 is 0 Å². The molecule has 0 spiro atoms. The SMILES string of the molecule is CCCCCCCN=c1ccn(CCCCCCn2ccc(=NCCCCCCC)cc2)cc1.Cl.Cl. The lowest BCUT2D eigenvalue weighted by Crippen LogP contribution is -2.07. The Morgan fingerprint density at radius 1 is 0.472 bits per heavy atom. The Morgan fingerprint density at radius 2 is 0.806 bits per heavy atom. The van der Waals surface area contributed by atoms with Crippen molar-refractivity contribution in [2.24, 2.45) is 9.98 Å². The molecular weight excluding hydrogens is 487 g/mol. The van der Waals surface area contributed by atoms with Crippen molar-refractivity contribution in [2.45, 2.75) is 117 Å². The second-order valence-corrected chi connectivity index (χ2v) is 9.59. The van der Waals surface area contributed by atoms with Crippen LogP contribution in [0.1, 0.15) is 104 Å². The largest absolute Gasteiger partial charge is 0.354 e. The number of aromatic nitrogens is 2. The monoisotopic (exact) mass is 538 g/mol. The van der Waals surface area contributed by atoms with Crippen LogP contribution in [0, 0.1) is 0 Å². The molecule has 0 aromatic carbocycles. The molecule has 0 amide bonds. The van der Waals surface area contributed by atoms with Gasteiger partial charge in [-0.25, -0.2) is 0 Å². The maximum atomic E-state index is 4.71. The number of pyridine rings is 2. The van der Waals surface area contributed by atoms with E-state index < -0.39 is 0 Å². The Hall–Kier alpha value is -1.52. The molecule has 0 aliphatic carbocycles. The van der Waals surface area contributed by atoms with E-state index in [0.29, 0.717) is 0 Å². The first-order valence-electron chi connectivity index (χ1n) is 14.1. The minimum absolute atomic E-state index is 0. The van der Waals surface area contributed by atoms with Crippen molar-refractivity contribution in [1.82, 2.24) is 9.13 Å². The van der Waals surface area contributed by atoms with Crippen molar-refractivity contribution in [3.8, 4) is 0 Å². The van der Waals surface area contributed by atoms with Crippen LogP contribution < -0.4 is 10.7 Å². The van der Waals surface area contributed by atoms with Crippen LogP contribution >= 0.6 is 24.8 Å². The smallest absolute Gasteiger partial charge is 0.0603 e. The molecule has 0 aliphatic heterocycles. The molecule has 4 nitrogen and oxygen atoms in total. The molecule has 0 aliphatic rings. The molecule has 0 unspecified atom stereocenters. The molecular formula is C30H52Cl2N4. The van der Waals surface area contributed by atoms with Crippen molar-refractivity contribution in [3.63, 3.8) is 0 Å².